The third-order valence-electron chi connectivity index (χ3n) is 2.55. The molecule has 5 nitrogen and oxygen atoms in total. The minimum atomic E-state index is -0.372. The Kier molecular flexibility index (Phi) is 3.16. The first-order valence-electron chi connectivity index (χ1n) is 4.83. The molecule has 0 aromatic carbocycles. The van der Waals surface area contributed by atoms with E-state index in [1.165, 1.54) is 6.20 Å². The average molecular weight is 261 g/mol. The van der Waals surface area contributed by atoms with Crippen LogP contribution >= 0.6 is 23.2 Å². The quantitative estimate of drug-likeness (QED) is 0.813. The minimum absolute atomic E-state index is 0.106. The topological polar surface area (TPSA) is 72.1 Å². The van der Waals surface area contributed by atoms with Crippen molar-refractivity contribution in [3.63, 3.8) is 0 Å². The van der Waals surface area contributed by atoms with Gasteiger partial charge in [-0.25, -0.2) is 4.98 Å². The second-order valence-corrected chi connectivity index (χ2v) is 4.31. The van der Waals surface area contributed by atoms with Crippen LogP contribution in [0.5, 0.6) is 0 Å². The van der Waals surface area contributed by atoms with Crippen molar-refractivity contribution in [2.45, 2.75) is 18.9 Å². The molecule has 1 fully saturated rings. The lowest BCUT2D eigenvalue weighted by molar-refractivity contribution is -0.119. The van der Waals surface area contributed by atoms with Crippen LogP contribution < -0.4 is 10.6 Å². The van der Waals surface area contributed by atoms with Crippen molar-refractivity contribution in [2.75, 3.05) is 11.4 Å². The SMILES string of the molecule is NC(=O)C1CCCN1c1nc(Cl)ncc1Cl. The van der Waals surface area contributed by atoms with Gasteiger partial charge in [0.1, 0.15) is 11.1 Å². The molecule has 2 N–H and O–H groups in total. The Morgan fingerprint density at radius 2 is 2.31 bits per heavy atom. The normalized spacial score (nSPS) is 20.1. The van der Waals surface area contributed by atoms with Crippen molar-refractivity contribution in [1.29, 1.82) is 0 Å². The number of carbonyl (C=O) groups is 1. The van der Waals surface area contributed by atoms with Gasteiger partial charge in [0.05, 0.1) is 6.20 Å². The molecule has 1 atom stereocenters. The smallest absolute Gasteiger partial charge is 0.240 e. The van der Waals surface area contributed by atoms with Crippen LogP contribution in [0.2, 0.25) is 10.3 Å². The minimum Gasteiger partial charge on any atom is -0.368 e. The molecular formula is C9H10Cl2N4O. The maximum atomic E-state index is 11.2. The highest BCUT2D eigenvalue weighted by Gasteiger charge is 2.31. The van der Waals surface area contributed by atoms with Gasteiger partial charge in [-0.05, 0) is 24.4 Å². The van der Waals surface area contributed by atoms with Crippen LogP contribution in [0.25, 0.3) is 0 Å². The number of hydrogen-bond donors (Lipinski definition) is 1. The van der Waals surface area contributed by atoms with E-state index >= 15 is 0 Å². The van der Waals surface area contributed by atoms with Crippen molar-refractivity contribution >= 4 is 34.9 Å². The van der Waals surface area contributed by atoms with Crippen LogP contribution in [-0.4, -0.2) is 28.5 Å². The average Bonchev–Trinajstić information content (AvgIpc) is 2.70. The molecule has 86 valence electrons. The molecule has 7 heteroatoms. The number of amides is 1. The Balaban J connectivity index is 2.35. The van der Waals surface area contributed by atoms with E-state index in [0.717, 1.165) is 6.42 Å². The summed E-state index contributed by atoms with van der Waals surface area (Å²) in [4.78, 5) is 20.8. The molecule has 2 heterocycles. The molecule has 2 rings (SSSR count). The van der Waals surface area contributed by atoms with Crippen molar-refractivity contribution in [2.24, 2.45) is 5.73 Å². The molecule has 1 aliphatic rings. The summed E-state index contributed by atoms with van der Waals surface area (Å²) in [6.45, 7) is 0.695. The number of halogens is 2. The molecule has 1 aromatic rings. The summed E-state index contributed by atoms with van der Waals surface area (Å²) in [5.41, 5.74) is 5.31. The number of carbonyl (C=O) groups excluding carboxylic acids is 1. The molecule has 1 aromatic heterocycles. The number of rotatable bonds is 2. The number of anilines is 1. The monoisotopic (exact) mass is 260 g/mol. The van der Waals surface area contributed by atoms with Crippen LogP contribution in [0.3, 0.4) is 0 Å². The van der Waals surface area contributed by atoms with Gasteiger partial charge in [-0.3, -0.25) is 4.79 Å². The maximum absolute atomic E-state index is 11.2. The second-order valence-electron chi connectivity index (χ2n) is 3.56. The molecule has 0 saturated carbocycles. The van der Waals surface area contributed by atoms with Crippen LogP contribution in [0.4, 0.5) is 5.82 Å². The molecule has 0 spiro atoms. The van der Waals surface area contributed by atoms with Gasteiger partial charge in [0.2, 0.25) is 11.2 Å². The van der Waals surface area contributed by atoms with Gasteiger partial charge in [0, 0.05) is 6.54 Å². The van der Waals surface area contributed by atoms with E-state index < -0.39 is 0 Å². The first kappa shape index (κ1) is 11.4. The highest BCUT2D eigenvalue weighted by molar-refractivity contribution is 6.33. The predicted molar refractivity (Wildman–Crippen MR) is 61.6 cm³/mol. The Morgan fingerprint density at radius 3 is 3.00 bits per heavy atom. The predicted octanol–water partition coefficient (Wildman–Crippen LogP) is 1.24. The standard InChI is InChI=1S/C9H10Cl2N4O/c10-5-4-13-9(11)14-8(5)15-3-1-2-6(15)7(12)16/h4,6H,1-3H2,(H2,12,16). The summed E-state index contributed by atoms with van der Waals surface area (Å²) in [7, 11) is 0. The molecule has 16 heavy (non-hydrogen) atoms. The maximum Gasteiger partial charge on any atom is 0.240 e. The van der Waals surface area contributed by atoms with Crippen LogP contribution in [0.1, 0.15) is 12.8 Å². The number of nitrogens with zero attached hydrogens (tertiary/aromatic N) is 3. The Hall–Kier alpha value is -1.07. The second kappa shape index (κ2) is 4.43. The molecule has 0 aliphatic carbocycles. The van der Waals surface area contributed by atoms with Crippen molar-refractivity contribution in [3.05, 3.63) is 16.5 Å². The molecule has 0 bridgehead atoms. The van der Waals surface area contributed by atoms with E-state index in [0.29, 0.717) is 23.8 Å². The Bertz CT molecular complexity index is 426. The van der Waals surface area contributed by atoms with Gasteiger partial charge < -0.3 is 10.6 Å². The molecular weight excluding hydrogens is 251 g/mol. The highest BCUT2D eigenvalue weighted by Crippen LogP contribution is 2.30. The summed E-state index contributed by atoms with van der Waals surface area (Å²) in [6.07, 6.45) is 3.02. The van der Waals surface area contributed by atoms with Crippen LogP contribution in [-0.2, 0) is 4.79 Å². The van der Waals surface area contributed by atoms with E-state index in [1.54, 1.807) is 4.90 Å². The summed E-state index contributed by atoms with van der Waals surface area (Å²) in [5, 5.41) is 0.479. The van der Waals surface area contributed by atoms with Gasteiger partial charge in [-0.15, -0.1) is 0 Å². The fourth-order valence-corrected chi connectivity index (χ4v) is 2.18. The van der Waals surface area contributed by atoms with Crippen LogP contribution in [0, 0.1) is 0 Å². The van der Waals surface area contributed by atoms with E-state index in [4.69, 9.17) is 28.9 Å². The van der Waals surface area contributed by atoms with Gasteiger partial charge in [-0.2, -0.15) is 4.98 Å². The van der Waals surface area contributed by atoms with Gasteiger partial charge in [-0.1, -0.05) is 11.6 Å². The number of aromatic nitrogens is 2. The largest absolute Gasteiger partial charge is 0.368 e. The van der Waals surface area contributed by atoms with Crippen molar-refractivity contribution in [3.8, 4) is 0 Å². The third kappa shape index (κ3) is 2.05. The van der Waals surface area contributed by atoms with E-state index in [1.807, 2.05) is 0 Å². The number of primary amides is 1. The molecule has 1 aliphatic heterocycles. The van der Waals surface area contributed by atoms with E-state index in [9.17, 15) is 4.79 Å². The molecule has 1 amide bonds. The Morgan fingerprint density at radius 1 is 1.56 bits per heavy atom. The highest BCUT2D eigenvalue weighted by atomic mass is 35.5. The number of hydrogen-bond acceptors (Lipinski definition) is 4. The first-order chi connectivity index (χ1) is 7.59. The van der Waals surface area contributed by atoms with Crippen molar-refractivity contribution < 1.29 is 4.79 Å². The third-order valence-corrected chi connectivity index (χ3v) is 3.00. The number of nitrogens with two attached hydrogens (primary N) is 1. The summed E-state index contributed by atoms with van der Waals surface area (Å²) < 4.78 is 0. The van der Waals surface area contributed by atoms with Gasteiger partial charge >= 0.3 is 0 Å². The first-order valence-corrected chi connectivity index (χ1v) is 5.59. The molecule has 1 unspecified atom stereocenters. The summed E-state index contributed by atoms with van der Waals surface area (Å²) in [5.74, 6) is 0.103. The Labute approximate surface area is 103 Å². The molecule has 1 saturated heterocycles. The molecule has 0 radical (unpaired) electrons. The fourth-order valence-electron chi connectivity index (χ4n) is 1.85. The van der Waals surface area contributed by atoms with Gasteiger partial charge in [0.15, 0.2) is 5.82 Å². The van der Waals surface area contributed by atoms with Crippen molar-refractivity contribution in [1.82, 2.24) is 9.97 Å². The van der Waals surface area contributed by atoms with Gasteiger partial charge in [0.25, 0.3) is 0 Å². The zero-order valence-electron chi connectivity index (χ0n) is 8.36. The van der Waals surface area contributed by atoms with E-state index in [2.05, 4.69) is 9.97 Å². The summed E-state index contributed by atoms with van der Waals surface area (Å²) in [6, 6.07) is -0.358. The lowest BCUT2D eigenvalue weighted by Gasteiger charge is -2.23. The zero-order valence-corrected chi connectivity index (χ0v) is 9.87. The lowest BCUT2D eigenvalue weighted by atomic mass is 10.2. The van der Waals surface area contributed by atoms with Crippen LogP contribution in [0.15, 0.2) is 6.20 Å². The zero-order chi connectivity index (χ0) is 11.7. The lowest BCUT2D eigenvalue weighted by Crippen LogP contribution is -2.40. The van der Waals surface area contributed by atoms with E-state index in [-0.39, 0.29) is 17.2 Å². The fraction of sp³-hybridized carbons (Fsp3) is 0.444. The summed E-state index contributed by atoms with van der Waals surface area (Å²) >= 11 is 11.7.